The van der Waals surface area contributed by atoms with Gasteiger partial charge in [-0.1, -0.05) is 0 Å². The van der Waals surface area contributed by atoms with Crippen LogP contribution in [0.4, 0.5) is 0 Å². The van der Waals surface area contributed by atoms with Gasteiger partial charge in [-0.15, -0.1) is 0 Å². The topological polar surface area (TPSA) is 85.2 Å². The van der Waals surface area contributed by atoms with Crippen molar-refractivity contribution in [2.45, 2.75) is 44.2 Å². The van der Waals surface area contributed by atoms with Crippen LogP contribution in [-0.4, -0.2) is 46.6 Å². The second-order valence-corrected chi connectivity index (χ2v) is 3.85. The van der Waals surface area contributed by atoms with Crippen molar-refractivity contribution in [3.8, 4) is 0 Å². The molecule has 0 aromatic heterocycles. The highest BCUT2D eigenvalue weighted by molar-refractivity contribution is 5.73. The molecule has 0 aliphatic carbocycles. The average Bonchev–Trinajstić information content (AvgIpc) is 2.46. The molecule has 1 unspecified atom stereocenters. The number of hydrogen-bond donors (Lipinski definition) is 2. The van der Waals surface area contributed by atoms with E-state index < -0.39 is 36.4 Å². The number of carboxylic acid groups (broad SMARTS) is 1. The highest BCUT2D eigenvalue weighted by atomic mass is 16.8. The summed E-state index contributed by atoms with van der Waals surface area (Å²) in [4.78, 5) is 10.6. The zero-order chi connectivity index (χ0) is 10.5. The summed E-state index contributed by atoms with van der Waals surface area (Å²) in [6.45, 7) is 3.36. The van der Waals surface area contributed by atoms with Crippen LogP contribution in [0.2, 0.25) is 0 Å². The molecule has 0 radical (unpaired) electrons. The normalized spacial score (nSPS) is 45.1. The van der Waals surface area contributed by atoms with Gasteiger partial charge in [-0.3, -0.25) is 0 Å². The number of aliphatic hydroxyl groups is 1. The Labute approximate surface area is 80.4 Å². The van der Waals surface area contributed by atoms with E-state index in [0.717, 1.165) is 0 Å². The lowest BCUT2D eigenvalue weighted by molar-refractivity contribution is -0.219. The van der Waals surface area contributed by atoms with Crippen LogP contribution in [0.5, 0.6) is 0 Å². The molecule has 0 saturated carbocycles. The fraction of sp³-hybridized carbons (Fsp3) is 0.875. The predicted molar refractivity (Wildman–Crippen MR) is 42.3 cm³/mol. The van der Waals surface area contributed by atoms with E-state index in [1.807, 2.05) is 0 Å². The highest BCUT2D eigenvalue weighted by Crippen LogP contribution is 2.37. The van der Waals surface area contributed by atoms with Gasteiger partial charge in [-0.25, -0.2) is 4.79 Å². The minimum Gasteiger partial charge on any atom is -0.479 e. The van der Waals surface area contributed by atoms with Crippen molar-refractivity contribution < 1.29 is 29.2 Å². The predicted octanol–water partition coefficient (Wildman–Crippen LogP) is -0.692. The standard InChI is InChI=1S/C8H12O6/c1-8(2)13-5-3(9)4(6(10)11)12-7(5)14-8/h3-5,7,9H,1-2H3,(H,10,11)/t3?,4-,5-,7-/m0/s1. The molecular weight excluding hydrogens is 192 g/mol. The van der Waals surface area contributed by atoms with E-state index in [4.69, 9.17) is 19.3 Å². The van der Waals surface area contributed by atoms with Crippen LogP contribution < -0.4 is 0 Å². The van der Waals surface area contributed by atoms with Crippen molar-refractivity contribution >= 4 is 5.97 Å². The average molecular weight is 204 g/mol. The summed E-state index contributed by atoms with van der Waals surface area (Å²) in [5, 5.41) is 18.2. The van der Waals surface area contributed by atoms with Gasteiger partial charge in [-0.05, 0) is 13.8 Å². The Morgan fingerprint density at radius 1 is 1.36 bits per heavy atom. The van der Waals surface area contributed by atoms with Gasteiger partial charge in [0.25, 0.3) is 0 Å². The number of aliphatic hydroxyl groups excluding tert-OH is 1. The summed E-state index contributed by atoms with van der Waals surface area (Å²) in [5.74, 6) is -2.04. The van der Waals surface area contributed by atoms with Gasteiger partial charge in [-0.2, -0.15) is 0 Å². The molecule has 14 heavy (non-hydrogen) atoms. The third-order valence-electron chi connectivity index (χ3n) is 2.26. The molecule has 2 fully saturated rings. The summed E-state index contributed by atoms with van der Waals surface area (Å²) < 4.78 is 15.6. The SMILES string of the molecule is CC1(C)O[C@@H]2O[C@H](C(=O)O)C(O)[C@@H]2O1. The monoisotopic (exact) mass is 204 g/mol. The van der Waals surface area contributed by atoms with Gasteiger partial charge >= 0.3 is 5.97 Å². The molecule has 0 aromatic rings. The molecular formula is C8H12O6. The van der Waals surface area contributed by atoms with E-state index in [2.05, 4.69) is 0 Å². The Morgan fingerprint density at radius 2 is 2.00 bits per heavy atom. The maximum Gasteiger partial charge on any atom is 0.335 e. The first-order valence-electron chi connectivity index (χ1n) is 4.33. The Bertz CT molecular complexity index is 263. The van der Waals surface area contributed by atoms with Crippen LogP contribution in [0, 0.1) is 0 Å². The molecule has 2 aliphatic heterocycles. The fourth-order valence-corrected chi connectivity index (χ4v) is 1.70. The number of aliphatic carboxylic acids is 1. The van der Waals surface area contributed by atoms with Crippen molar-refractivity contribution in [3.63, 3.8) is 0 Å². The molecule has 0 spiro atoms. The lowest BCUT2D eigenvalue weighted by Crippen LogP contribution is -2.38. The summed E-state index contributed by atoms with van der Waals surface area (Å²) >= 11 is 0. The van der Waals surface area contributed by atoms with E-state index in [9.17, 15) is 9.90 Å². The first-order chi connectivity index (χ1) is 6.41. The third-order valence-corrected chi connectivity index (χ3v) is 2.26. The van der Waals surface area contributed by atoms with Gasteiger partial charge in [0.05, 0.1) is 0 Å². The first kappa shape index (κ1) is 9.85. The Morgan fingerprint density at radius 3 is 2.50 bits per heavy atom. The smallest absolute Gasteiger partial charge is 0.335 e. The maximum absolute atomic E-state index is 10.6. The van der Waals surface area contributed by atoms with E-state index in [1.54, 1.807) is 13.8 Å². The van der Waals surface area contributed by atoms with Gasteiger partial charge in [0, 0.05) is 0 Å². The zero-order valence-electron chi connectivity index (χ0n) is 7.84. The number of fused-ring (bicyclic) bond motifs is 1. The van der Waals surface area contributed by atoms with E-state index >= 15 is 0 Å². The number of ether oxygens (including phenoxy) is 3. The lowest BCUT2D eigenvalue weighted by atomic mass is 10.1. The maximum atomic E-state index is 10.6. The highest BCUT2D eigenvalue weighted by Gasteiger charge is 2.56. The number of carboxylic acids is 1. The van der Waals surface area contributed by atoms with Gasteiger partial charge in [0.15, 0.2) is 18.2 Å². The van der Waals surface area contributed by atoms with E-state index in [0.29, 0.717) is 0 Å². The van der Waals surface area contributed by atoms with Crippen molar-refractivity contribution in [1.29, 1.82) is 0 Å². The molecule has 0 amide bonds. The number of carbonyl (C=O) groups is 1. The lowest BCUT2D eigenvalue weighted by Gasteiger charge is -2.21. The third kappa shape index (κ3) is 1.40. The largest absolute Gasteiger partial charge is 0.479 e. The minimum absolute atomic E-state index is 0.717. The molecule has 2 aliphatic rings. The minimum atomic E-state index is -1.26. The van der Waals surface area contributed by atoms with Crippen molar-refractivity contribution in [2.75, 3.05) is 0 Å². The van der Waals surface area contributed by atoms with Crippen LogP contribution >= 0.6 is 0 Å². The quantitative estimate of drug-likeness (QED) is 0.588. The van der Waals surface area contributed by atoms with Gasteiger partial charge in [0.1, 0.15) is 12.2 Å². The fourth-order valence-electron chi connectivity index (χ4n) is 1.70. The van der Waals surface area contributed by atoms with Crippen LogP contribution in [0.1, 0.15) is 13.8 Å². The molecule has 2 heterocycles. The van der Waals surface area contributed by atoms with Crippen LogP contribution in [0.3, 0.4) is 0 Å². The Hall–Kier alpha value is -0.690. The van der Waals surface area contributed by atoms with Crippen LogP contribution in [0.15, 0.2) is 0 Å². The number of hydrogen-bond acceptors (Lipinski definition) is 5. The zero-order valence-corrected chi connectivity index (χ0v) is 7.84. The molecule has 2 saturated heterocycles. The van der Waals surface area contributed by atoms with E-state index in [-0.39, 0.29) is 0 Å². The Kier molecular flexibility index (Phi) is 2.04. The molecule has 80 valence electrons. The molecule has 6 heteroatoms. The first-order valence-corrected chi connectivity index (χ1v) is 4.33. The van der Waals surface area contributed by atoms with Crippen LogP contribution in [0.25, 0.3) is 0 Å². The summed E-state index contributed by atoms with van der Waals surface area (Å²) in [5.41, 5.74) is 0. The summed E-state index contributed by atoms with van der Waals surface area (Å²) in [6, 6.07) is 0. The molecule has 6 nitrogen and oxygen atoms in total. The van der Waals surface area contributed by atoms with Crippen LogP contribution in [-0.2, 0) is 19.0 Å². The number of rotatable bonds is 1. The molecule has 2 rings (SSSR count). The molecule has 4 atom stereocenters. The molecule has 0 aromatic carbocycles. The second-order valence-electron chi connectivity index (χ2n) is 3.85. The second kappa shape index (κ2) is 2.90. The molecule has 2 N–H and O–H groups in total. The summed E-state index contributed by atoms with van der Waals surface area (Å²) in [6.07, 6.45) is -3.95. The molecule has 0 bridgehead atoms. The Balaban J connectivity index is 2.11. The van der Waals surface area contributed by atoms with Gasteiger partial charge in [0.2, 0.25) is 0 Å². The van der Waals surface area contributed by atoms with Crippen molar-refractivity contribution in [3.05, 3.63) is 0 Å². The van der Waals surface area contributed by atoms with Crippen molar-refractivity contribution in [1.82, 2.24) is 0 Å². The van der Waals surface area contributed by atoms with Crippen molar-refractivity contribution in [2.24, 2.45) is 0 Å². The van der Waals surface area contributed by atoms with Gasteiger partial charge < -0.3 is 24.4 Å². The summed E-state index contributed by atoms with van der Waals surface area (Å²) in [7, 11) is 0. The van der Waals surface area contributed by atoms with E-state index in [1.165, 1.54) is 0 Å².